The van der Waals surface area contributed by atoms with Crippen LogP contribution in [0, 0.1) is 12.7 Å². The van der Waals surface area contributed by atoms with Crippen LogP contribution in [-0.4, -0.2) is 36.4 Å². The molecule has 3 aromatic rings. The number of carbonyl (C=O) groups excluding carboxylic acids is 2. The van der Waals surface area contributed by atoms with Crippen molar-refractivity contribution in [3.8, 4) is 5.75 Å². The zero-order chi connectivity index (χ0) is 22.9. The molecule has 3 rings (SSSR count). The fourth-order valence-electron chi connectivity index (χ4n) is 3.48. The van der Waals surface area contributed by atoms with Gasteiger partial charge in [-0.05, 0) is 35.7 Å². The van der Waals surface area contributed by atoms with E-state index in [9.17, 15) is 14.0 Å². The highest BCUT2D eigenvalue weighted by atomic mass is 19.1. The molecule has 5 nitrogen and oxygen atoms in total. The number of para-hydroxylation sites is 1. The number of nitrogens with zero attached hydrogens (tertiary/aromatic N) is 1. The van der Waals surface area contributed by atoms with Crippen LogP contribution < -0.4 is 10.1 Å². The Morgan fingerprint density at radius 1 is 0.969 bits per heavy atom. The summed E-state index contributed by atoms with van der Waals surface area (Å²) in [5.41, 5.74) is 2.86. The molecule has 166 valence electrons. The summed E-state index contributed by atoms with van der Waals surface area (Å²) in [6.45, 7) is 1.81. The number of rotatable bonds is 9. The highest BCUT2D eigenvalue weighted by Gasteiger charge is 2.30. The molecule has 0 heterocycles. The number of nitrogens with one attached hydrogen (secondary N) is 1. The number of benzene rings is 3. The third-order valence-corrected chi connectivity index (χ3v) is 5.31. The molecule has 0 spiro atoms. The molecule has 0 aliphatic rings. The van der Waals surface area contributed by atoms with Gasteiger partial charge in [0.1, 0.15) is 6.04 Å². The van der Waals surface area contributed by atoms with E-state index in [1.807, 2.05) is 61.5 Å². The molecule has 3 aromatic carbocycles. The number of likely N-dealkylation sites (N-methyl/N-ethyl adjacent to an activating group) is 1. The van der Waals surface area contributed by atoms with Crippen LogP contribution in [0.1, 0.15) is 16.7 Å². The largest absolute Gasteiger partial charge is 0.481 e. The Kier molecular flexibility index (Phi) is 7.97. The average molecular weight is 435 g/mol. The molecule has 0 saturated carbocycles. The van der Waals surface area contributed by atoms with Gasteiger partial charge in [-0.1, -0.05) is 66.7 Å². The summed E-state index contributed by atoms with van der Waals surface area (Å²) in [6, 6.07) is 22.4. The van der Waals surface area contributed by atoms with E-state index in [1.165, 1.54) is 17.0 Å². The lowest BCUT2D eigenvalue weighted by atomic mass is 10.0. The standard InChI is InChI=1S/C26H27FN2O3/c1-19-10-6-7-13-21(19)17-29(25(30)18-32-24-15-9-8-14-22(24)27)23(26(31)28-2)16-20-11-4-3-5-12-20/h3-15,23H,16-18H2,1-2H3,(H,28,31). The molecular formula is C26H27FN2O3. The van der Waals surface area contributed by atoms with Crippen molar-refractivity contribution in [3.05, 3.63) is 101 Å². The molecule has 0 radical (unpaired) electrons. The number of carbonyl (C=O) groups is 2. The van der Waals surface area contributed by atoms with Crippen molar-refractivity contribution < 1.29 is 18.7 Å². The summed E-state index contributed by atoms with van der Waals surface area (Å²) in [6.07, 6.45) is 0.345. The second-order valence-electron chi connectivity index (χ2n) is 7.49. The van der Waals surface area contributed by atoms with Crippen molar-refractivity contribution in [2.45, 2.75) is 25.9 Å². The molecule has 0 bridgehead atoms. The highest BCUT2D eigenvalue weighted by molar-refractivity contribution is 5.88. The Bertz CT molecular complexity index is 1060. The van der Waals surface area contributed by atoms with Crippen LogP contribution in [0.5, 0.6) is 5.75 Å². The van der Waals surface area contributed by atoms with Gasteiger partial charge in [0.2, 0.25) is 5.91 Å². The SMILES string of the molecule is CNC(=O)C(Cc1ccccc1)N(Cc1ccccc1C)C(=O)COc1ccccc1F. The van der Waals surface area contributed by atoms with Gasteiger partial charge in [0.05, 0.1) is 0 Å². The molecule has 1 unspecified atom stereocenters. The second kappa shape index (κ2) is 11.1. The molecule has 32 heavy (non-hydrogen) atoms. The normalized spacial score (nSPS) is 11.5. The number of ether oxygens (including phenoxy) is 1. The Balaban J connectivity index is 1.89. The van der Waals surface area contributed by atoms with Crippen molar-refractivity contribution in [2.24, 2.45) is 0 Å². The molecule has 0 aliphatic carbocycles. The number of hydrogen-bond acceptors (Lipinski definition) is 3. The molecule has 0 saturated heterocycles. The summed E-state index contributed by atoms with van der Waals surface area (Å²) >= 11 is 0. The molecule has 0 fully saturated rings. The van der Waals surface area contributed by atoms with Crippen LogP contribution in [-0.2, 0) is 22.6 Å². The van der Waals surface area contributed by atoms with Crippen molar-refractivity contribution in [1.82, 2.24) is 10.2 Å². The van der Waals surface area contributed by atoms with Gasteiger partial charge in [-0.2, -0.15) is 0 Å². The van der Waals surface area contributed by atoms with E-state index in [0.29, 0.717) is 6.42 Å². The van der Waals surface area contributed by atoms with E-state index in [4.69, 9.17) is 4.74 Å². The van der Waals surface area contributed by atoms with Gasteiger partial charge in [0.25, 0.3) is 5.91 Å². The first-order valence-corrected chi connectivity index (χ1v) is 10.5. The Hall–Kier alpha value is -3.67. The van der Waals surface area contributed by atoms with Crippen molar-refractivity contribution in [3.63, 3.8) is 0 Å². The van der Waals surface area contributed by atoms with Gasteiger partial charge >= 0.3 is 0 Å². The van der Waals surface area contributed by atoms with E-state index < -0.39 is 17.8 Å². The monoisotopic (exact) mass is 434 g/mol. The first kappa shape index (κ1) is 23.0. The van der Waals surface area contributed by atoms with E-state index in [-0.39, 0.29) is 24.8 Å². The number of amides is 2. The van der Waals surface area contributed by atoms with E-state index in [0.717, 1.165) is 16.7 Å². The number of hydrogen-bond donors (Lipinski definition) is 1. The fraction of sp³-hybridized carbons (Fsp3) is 0.231. The molecule has 2 amide bonds. The molecule has 0 aromatic heterocycles. The van der Waals surface area contributed by atoms with Crippen LogP contribution >= 0.6 is 0 Å². The Labute approximate surface area is 187 Å². The maximum Gasteiger partial charge on any atom is 0.261 e. The lowest BCUT2D eigenvalue weighted by Gasteiger charge is -2.31. The fourth-order valence-corrected chi connectivity index (χ4v) is 3.48. The van der Waals surface area contributed by atoms with Crippen LogP contribution in [0.25, 0.3) is 0 Å². The van der Waals surface area contributed by atoms with Crippen molar-refractivity contribution in [1.29, 1.82) is 0 Å². The first-order valence-electron chi connectivity index (χ1n) is 10.5. The van der Waals surface area contributed by atoms with Crippen molar-refractivity contribution >= 4 is 11.8 Å². The summed E-state index contributed by atoms with van der Waals surface area (Å²) in [5, 5.41) is 2.67. The zero-order valence-corrected chi connectivity index (χ0v) is 18.3. The molecule has 0 aliphatic heterocycles. The minimum absolute atomic E-state index is 0.00348. The van der Waals surface area contributed by atoms with E-state index >= 15 is 0 Å². The lowest BCUT2D eigenvalue weighted by molar-refractivity contribution is -0.142. The quantitative estimate of drug-likeness (QED) is 0.556. The van der Waals surface area contributed by atoms with Gasteiger partial charge in [0, 0.05) is 20.0 Å². The van der Waals surface area contributed by atoms with Crippen LogP contribution in [0.2, 0.25) is 0 Å². The maximum absolute atomic E-state index is 14.0. The van der Waals surface area contributed by atoms with Gasteiger partial charge in [-0.15, -0.1) is 0 Å². The first-order chi connectivity index (χ1) is 15.5. The minimum atomic E-state index is -0.751. The third kappa shape index (κ3) is 5.94. The third-order valence-electron chi connectivity index (χ3n) is 5.31. The van der Waals surface area contributed by atoms with Crippen LogP contribution in [0.4, 0.5) is 4.39 Å². The van der Waals surface area contributed by atoms with Crippen LogP contribution in [0.3, 0.4) is 0 Å². The van der Waals surface area contributed by atoms with Crippen LogP contribution in [0.15, 0.2) is 78.9 Å². The Morgan fingerprint density at radius 3 is 2.31 bits per heavy atom. The van der Waals surface area contributed by atoms with E-state index in [2.05, 4.69) is 5.32 Å². The van der Waals surface area contributed by atoms with Gasteiger partial charge in [-0.3, -0.25) is 9.59 Å². The summed E-state index contributed by atoms with van der Waals surface area (Å²) in [7, 11) is 1.55. The number of halogens is 1. The van der Waals surface area contributed by atoms with Gasteiger partial charge in [0.15, 0.2) is 18.2 Å². The van der Waals surface area contributed by atoms with Gasteiger partial charge < -0.3 is 15.0 Å². The molecular weight excluding hydrogens is 407 g/mol. The van der Waals surface area contributed by atoms with Crippen molar-refractivity contribution in [2.75, 3.05) is 13.7 Å². The molecule has 1 N–H and O–H groups in total. The second-order valence-corrected chi connectivity index (χ2v) is 7.49. The number of aryl methyl sites for hydroxylation is 1. The topological polar surface area (TPSA) is 58.6 Å². The highest BCUT2D eigenvalue weighted by Crippen LogP contribution is 2.19. The lowest BCUT2D eigenvalue weighted by Crippen LogP contribution is -2.51. The summed E-state index contributed by atoms with van der Waals surface area (Å²) in [4.78, 5) is 27.7. The van der Waals surface area contributed by atoms with E-state index in [1.54, 1.807) is 19.2 Å². The Morgan fingerprint density at radius 2 is 1.62 bits per heavy atom. The summed E-state index contributed by atoms with van der Waals surface area (Å²) in [5.74, 6) is -1.23. The predicted molar refractivity (Wildman–Crippen MR) is 122 cm³/mol. The smallest absolute Gasteiger partial charge is 0.261 e. The van der Waals surface area contributed by atoms with Gasteiger partial charge in [-0.25, -0.2) is 4.39 Å². The average Bonchev–Trinajstić information content (AvgIpc) is 2.82. The minimum Gasteiger partial charge on any atom is -0.481 e. The zero-order valence-electron chi connectivity index (χ0n) is 18.3. The molecule has 1 atom stereocenters. The summed E-state index contributed by atoms with van der Waals surface area (Å²) < 4.78 is 19.4. The predicted octanol–water partition coefficient (Wildman–Crippen LogP) is 3.90. The molecule has 6 heteroatoms. The maximum atomic E-state index is 14.0.